The molecule has 0 fully saturated rings. The number of rotatable bonds is 5. The molecule has 0 aliphatic rings. The summed E-state index contributed by atoms with van der Waals surface area (Å²) in [5, 5.41) is 2.99. The van der Waals surface area contributed by atoms with Crippen LogP contribution in [0.4, 0.5) is 0 Å². The van der Waals surface area contributed by atoms with E-state index in [-0.39, 0.29) is 29.0 Å². The molecule has 2 heterocycles. The van der Waals surface area contributed by atoms with E-state index in [9.17, 15) is 14.4 Å². The van der Waals surface area contributed by atoms with Crippen molar-refractivity contribution in [3.8, 4) is 11.4 Å². The average molecular weight is 430 g/mol. The Bertz CT molecular complexity index is 1440. The van der Waals surface area contributed by atoms with Crippen LogP contribution in [-0.4, -0.2) is 27.1 Å². The molecule has 2 aromatic heterocycles. The summed E-state index contributed by atoms with van der Waals surface area (Å²) in [5.74, 6) is 0.279. The third kappa shape index (κ3) is 3.78. The number of nitrogens with one attached hydrogen (secondary N) is 1. The molecule has 0 spiro atoms. The van der Waals surface area contributed by atoms with Crippen LogP contribution in [0, 0.1) is 6.92 Å². The van der Waals surface area contributed by atoms with Gasteiger partial charge in [-0.25, -0.2) is 14.3 Å². The number of carbonyl (C=O) groups excluding carboxylic acids is 1. The third-order valence-corrected chi connectivity index (χ3v) is 5.28. The first-order chi connectivity index (χ1) is 15.4. The van der Waals surface area contributed by atoms with Gasteiger partial charge in [0.1, 0.15) is 5.75 Å². The van der Waals surface area contributed by atoms with E-state index in [1.165, 1.54) is 23.9 Å². The van der Waals surface area contributed by atoms with Crippen LogP contribution in [-0.2, 0) is 13.6 Å². The van der Waals surface area contributed by atoms with Crippen LogP contribution in [0.2, 0.25) is 0 Å². The summed E-state index contributed by atoms with van der Waals surface area (Å²) in [6, 6.07) is 16.2. The number of hydrogen-bond donors (Lipinski definition) is 1. The lowest BCUT2D eigenvalue weighted by Gasteiger charge is -2.13. The molecule has 0 saturated carbocycles. The molecule has 1 amide bonds. The number of ether oxygens (including phenoxy) is 1. The molecule has 0 bridgehead atoms. The van der Waals surface area contributed by atoms with E-state index in [1.54, 1.807) is 19.2 Å². The van der Waals surface area contributed by atoms with E-state index >= 15 is 0 Å². The summed E-state index contributed by atoms with van der Waals surface area (Å²) in [4.78, 5) is 42.7. The number of para-hydroxylation sites is 1. The Morgan fingerprint density at radius 2 is 1.81 bits per heavy atom. The molecule has 0 unspecified atom stereocenters. The van der Waals surface area contributed by atoms with Crippen LogP contribution >= 0.6 is 0 Å². The quantitative estimate of drug-likeness (QED) is 0.524. The number of carbonyl (C=O) groups is 1. The second kappa shape index (κ2) is 8.50. The molecule has 1 N–H and O–H groups in total. The predicted octanol–water partition coefficient (Wildman–Crippen LogP) is 2.33. The minimum Gasteiger partial charge on any atom is -0.496 e. The third-order valence-electron chi connectivity index (χ3n) is 5.28. The van der Waals surface area contributed by atoms with Crippen molar-refractivity contribution in [2.75, 3.05) is 7.11 Å². The standard InChI is InChI=1S/C24H22N4O4/c1-15-8-10-18(11-9-15)28-21-19(23(30)27(2)24(28)31)12-17(14-25-21)22(29)26-13-16-6-4-5-7-20(16)32-3/h4-12,14H,13H2,1-3H3,(H,26,29). The fraction of sp³-hybridized carbons (Fsp3) is 0.167. The Labute approximate surface area is 183 Å². The second-order valence-electron chi connectivity index (χ2n) is 7.41. The summed E-state index contributed by atoms with van der Waals surface area (Å²) >= 11 is 0. The summed E-state index contributed by atoms with van der Waals surface area (Å²) in [6.07, 6.45) is 1.36. The van der Waals surface area contributed by atoms with Crippen LogP contribution in [0.1, 0.15) is 21.5 Å². The number of hydrogen-bond acceptors (Lipinski definition) is 5. The first-order valence-electron chi connectivity index (χ1n) is 9.99. The number of amides is 1. The zero-order valence-electron chi connectivity index (χ0n) is 18.0. The smallest absolute Gasteiger partial charge is 0.337 e. The average Bonchev–Trinajstić information content (AvgIpc) is 2.82. The van der Waals surface area contributed by atoms with E-state index in [4.69, 9.17) is 4.74 Å². The van der Waals surface area contributed by atoms with E-state index in [1.807, 2.05) is 43.3 Å². The van der Waals surface area contributed by atoms with Crippen molar-refractivity contribution >= 4 is 16.9 Å². The van der Waals surface area contributed by atoms with Gasteiger partial charge in [0.15, 0.2) is 5.65 Å². The van der Waals surface area contributed by atoms with Gasteiger partial charge in [-0.05, 0) is 31.2 Å². The van der Waals surface area contributed by atoms with Gasteiger partial charge < -0.3 is 10.1 Å². The Morgan fingerprint density at radius 1 is 1.09 bits per heavy atom. The largest absolute Gasteiger partial charge is 0.496 e. The molecular weight excluding hydrogens is 408 g/mol. The molecule has 162 valence electrons. The van der Waals surface area contributed by atoms with Gasteiger partial charge >= 0.3 is 5.69 Å². The van der Waals surface area contributed by atoms with Crippen molar-refractivity contribution in [3.05, 3.63) is 98.3 Å². The number of benzene rings is 2. The molecule has 0 aliphatic heterocycles. The number of aromatic nitrogens is 3. The van der Waals surface area contributed by atoms with Gasteiger partial charge in [0.2, 0.25) is 0 Å². The van der Waals surface area contributed by atoms with E-state index in [0.29, 0.717) is 11.4 Å². The highest BCUT2D eigenvalue weighted by molar-refractivity contribution is 5.96. The van der Waals surface area contributed by atoms with E-state index < -0.39 is 11.2 Å². The second-order valence-corrected chi connectivity index (χ2v) is 7.41. The maximum absolute atomic E-state index is 12.8. The summed E-state index contributed by atoms with van der Waals surface area (Å²) in [7, 11) is 2.97. The van der Waals surface area contributed by atoms with E-state index in [2.05, 4.69) is 10.3 Å². The normalized spacial score (nSPS) is 10.8. The number of fused-ring (bicyclic) bond motifs is 1. The highest BCUT2D eigenvalue weighted by Crippen LogP contribution is 2.18. The van der Waals surface area contributed by atoms with Crippen molar-refractivity contribution in [2.24, 2.45) is 7.05 Å². The first kappa shape index (κ1) is 21.0. The molecule has 4 rings (SSSR count). The lowest BCUT2D eigenvalue weighted by atomic mass is 10.1. The van der Waals surface area contributed by atoms with Gasteiger partial charge in [-0.1, -0.05) is 35.9 Å². The minimum absolute atomic E-state index is 0.178. The molecule has 0 atom stereocenters. The van der Waals surface area contributed by atoms with Crippen LogP contribution in [0.5, 0.6) is 5.75 Å². The number of pyridine rings is 1. The molecule has 2 aromatic carbocycles. The van der Waals surface area contributed by atoms with Gasteiger partial charge in [-0.15, -0.1) is 0 Å². The molecule has 0 aliphatic carbocycles. The monoisotopic (exact) mass is 430 g/mol. The fourth-order valence-corrected chi connectivity index (χ4v) is 3.48. The molecular formula is C24H22N4O4. The summed E-state index contributed by atoms with van der Waals surface area (Å²) in [5.41, 5.74) is 1.84. The van der Waals surface area contributed by atoms with Gasteiger partial charge in [0, 0.05) is 25.4 Å². The van der Waals surface area contributed by atoms with Crippen molar-refractivity contribution in [1.82, 2.24) is 19.4 Å². The van der Waals surface area contributed by atoms with Crippen molar-refractivity contribution in [3.63, 3.8) is 0 Å². The van der Waals surface area contributed by atoms with Crippen molar-refractivity contribution in [2.45, 2.75) is 13.5 Å². The zero-order chi connectivity index (χ0) is 22.8. The molecule has 32 heavy (non-hydrogen) atoms. The van der Waals surface area contributed by atoms with Gasteiger partial charge in [0.05, 0.1) is 23.7 Å². The Morgan fingerprint density at radius 3 is 2.53 bits per heavy atom. The Balaban J connectivity index is 1.74. The summed E-state index contributed by atoms with van der Waals surface area (Å²) in [6.45, 7) is 2.20. The van der Waals surface area contributed by atoms with Crippen LogP contribution in [0.25, 0.3) is 16.7 Å². The number of aryl methyl sites for hydroxylation is 1. The van der Waals surface area contributed by atoms with Crippen LogP contribution in [0.3, 0.4) is 0 Å². The zero-order valence-corrected chi connectivity index (χ0v) is 18.0. The van der Waals surface area contributed by atoms with E-state index in [0.717, 1.165) is 15.7 Å². The van der Waals surface area contributed by atoms with Crippen LogP contribution in [0.15, 0.2) is 70.4 Å². The highest BCUT2D eigenvalue weighted by atomic mass is 16.5. The topological polar surface area (TPSA) is 95.2 Å². The Hall–Kier alpha value is -4.20. The van der Waals surface area contributed by atoms with Crippen molar-refractivity contribution in [1.29, 1.82) is 0 Å². The lowest BCUT2D eigenvalue weighted by Crippen LogP contribution is -2.38. The highest BCUT2D eigenvalue weighted by Gasteiger charge is 2.16. The molecule has 8 heteroatoms. The first-order valence-corrected chi connectivity index (χ1v) is 9.99. The number of methoxy groups -OCH3 is 1. The molecule has 0 saturated heterocycles. The minimum atomic E-state index is -0.514. The molecule has 8 nitrogen and oxygen atoms in total. The lowest BCUT2D eigenvalue weighted by molar-refractivity contribution is 0.0950. The number of nitrogens with zero attached hydrogens (tertiary/aromatic N) is 3. The SMILES string of the molecule is COc1ccccc1CNC(=O)c1cnc2c(c1)c(=O)n(C)c(=O)n2-c1ccc(C)cc1. The van der Waals surface area contributed by atoms with Gasteiger partial charge in [0.25, 0.3) is 11.5 Å². The fourth-order valence-electron chi connectivity index (χ4n) is 3.48. The van der Waals surface area contributed by atoms with Crippen molar-refractivity contribution < 1.29 is 9.53 Å². The van der Waals surface area contributed by atoms with Crippen LogP contribution < -0.4 is 21.3 Å². The molecule has 0 radical (unpaired) electrons. The Kier molecular flexibility index (Phi) is 5.59. The molecule has 4 aromatic rings. The maximum atomic E-state index is 12.8. The van der Waals surface area contributed by atoms with Gasteiger partial charge in [-0.3, -0.25) is 14.2 Å². The summed E-state index contributed by atoms with van der Waals surface area (Å²) < 4.78 is 7.69. The maximum Gasteiger partial charge on any atom is 0.337 e. The predicted molar refractivity (Wildman–Crippen MR) is 121 cm³/mol. The van der Waals surface area contributed by atoms with Gasteiger partial charge in [-0.2, -0.15) is 0 Å².